The largest absolute Gasteiger partial charge is 0.656 e. The predicted octanol–water partition coefficient (Wildman–Crippen LogP) is 2.56. The average Bonchev–Trinajstić information content (AvgIpc) is 2.15. The highest BCUT2D eigenvalue weighted by Crippen LogP contribution is 2.49. The van der Waals surface area contributed by atoms with E-state index in [0.717, 1.165) is 0 Å². The quantitative estimate of drug-likeness (QED) is 0.794. The smallest absolute Gasteiger partial charge is 0.449 e. The van der Waals surface area contributed by atoms with Crippen LogP contribution in [-0.2, 0) is 13.6 Å². The summed E-state index contributed by atoms with van der Waals surface area (Å²) in [5.41, 5.74) is 0. The van der Waals surface area contributed by atoms with Gasteiger partial charge in [0.15, 0.2) is 0 Å². The van der Waals surface area contributed by atoms with Gasteiger partial charge in [0.2, 0.25) is 0 Å². The normalized spacial score (nSPS) is 10.4. The van der Waals surface area contributed by atoms with Gasteiger partial charge in [0.1, 0.15) is 5.75 Å². The van der Waals surface area contributed by atoms with Gasteiger partial charge in [-0.1, -0.05) is 18.2 Å². The molecule has 0 radical (unpaired) electrons. The Balaban J connectivity index is 2.87. The molecule has 17 heavy (non-hydrogen) atoms. The van der Waals surface area contributed by atoms with Gasteiger partial charge in [-0.15, -0.1) is 0 Å². The van der Waals surface area contributed by atoms with Crippen molar-refractivity contribution in [3.63, 3.8) is 0 Å². The molecule has 0 aliphatic rings. The van der Waals surface area contributed by atoms with Gasteiger partial charge in [-0.25, -0.2) is 9.59 Å². The molecule has 8 nitrogen and oxygen atoms in total. The molecule has 0 saturated heterocycles. The van der Waals surface area contributed by atoms with Crippen molar-refractivity contribution in [2.45, 2.75) is 0 Å². The minimum Gasteiger partial charge on any atom is -0.449 e. The van der Waals surface area contributed by atoms with E-state index < -0.39 is 20.1 Å². The third-order valence-electron chi connectivity index (χ3n) is 1.34. The first-order chi connectivity index (χ1) is 7.91. The molecule has 92 valence electrons. The second-order valence-corrected chi connectivity index (χ2v) is 4.01. The van der Waals surface area contributed by atoms with E-state index in [9.17, 15) is 14.2 Å². The van der Waals surface area contributed by atoms with Gasteiger partial charge in [-0.2, -0.15) is 4.57 Å². The molecule has 0 saturated carbocycles. The molecule has 2 N–H and O–H groups in total. The van der Waals surface area contributed by atoms with E-state index in [4.69, 9.17) is 10.2 Å². The average molecular weight is 262 g/mol. The van der Waals surface area contributed by atoms with E-state index in [1.807, 2.05) is 0 Å². The highest BCUT2D eigenvalue weighted by atomic mass is 31.2. The van der Waals surface area contributed by atoms with E-state index in [0.29, 0.717) is 0 Å². The molecule has 0 bridgehead atoms. The fourth-order valence-electron chi connectivity index (χ4n) is 0.858. The molecule has 0 amide bonds. The number of hydrogen-bond acceptors (Lipinski definition) is 6. The van der Waals surface area contributed by atoms with Crippen LogP contribution in [0.25, 0.3) is 0 Å². The van der Waals surface area contributed by atoms with Crippen LogP contribution in [0.2, 0.25) is 0 Å². The highest BCUT2D eigenvalue weighted by molar-refractivity contribution is 7.50. The van der Waals surface area contributed by atoms with Crippen LogP contribution >= 0.6 is 7.82 Å². The molecule has 9 heteroatoms. The first-order valence-corrected chi connectivity index (χ1v) is 5.57. The minimum atomic E-state index is -4.75. The van der Waals surface area contributed by atoms with Crippen LogP contribution in [0.1, 0.15) is 0 Å². The molecule has 0 fully saturated rings. The molecule has 1 aromatic rings. The molecule has 0 aliphatic carbocycles. The van der Waals surface area contributed by atoms with E-state index in [-0.39, 0.29) is 5.75 Å². The zero-order valence-corrected chi connectivity index (χ0v) is 9.07. The standard InChI is InChI=1S/C8H7O8P/c9-7(10)15-17(13,16-8(11)12)14-6-4-2-1-3-5-6/h1-5H,(H,9,10)(H,11,12). The minimum absolute atomic E-state index is 0.0571. The van der Waals surface area contributed by atoms with Gasteiger partial charge < -0.3 is 23.8 Å². The van der Waals surface area contributed by atoms with Crippen molar-refractivity contribution in [1.29, 1.82) is 0 Å². The van der Waals surface area contributed by atoms with E-state index in [1.165, 1.54) is 24.3 Å². The maximum absolute atomic E-state index is 11.6. The molecule has 0 heterocycles. The van der Waals surface area contributed by atoms with Crippen molar-refractivity contribution in [3.8, 4) is 5.75 Å². The third kappa shape index (κ3) is 4.43. The number of phosphoric acid groups is 1. The highest BCUT2D eigenvalue weighted by Gasteiger charge is 2.37. The molecule has 0 aliphatic heterocycles. The summed E-state index contributed by atoms with van der Waals surface area (Å²) < 4.78 is 23.7. The lowest BCUT2D eigenvalue weighted by Crippen LogP contribution is -2.09. The van der Waals surface area contributed by atoms with Crippen molar-refractivity contribution in [2.75, 3.05) is 0 Å². The Kier molecular flexibility index (Phi) is 3.95. The van der Waals surface area contributed by atoms with E-state index in [2.05, 4.69) is 13.6 Å². The first kappa shape index (κ1) is 12.9. The lowest BCUT2D eigenvalue weighted by molar-refractivity contribution is 0.104. The number of carboxylic acid groups (broad SMARTS) is 2. The lowest BCUT2D eigenvalue weighted by atomic mass is 10.3. The lowest BCUT2D eigenvalue weighted by Gasteiger charge is -2.13. The Morgan fingerprint density at radius 3 is 1.88 bits per heavy atom. The Morgan fingerprint density at radius 1 is 1.00 bits per heavy atom. The SMILES string of the molecule is O=C(O)OP(=O)(OC(=O)O)Oc1ccccc1. The molecular formula is C8H7O8P. The zero-order chi connectivity index (χ0) is 12.9. The molecule has 1 rings (SSSR count). The molecule has 1 aromatic carbocycles. The molecule has 0 atom stereocenters. The van der Waals surface area contributed by atoms with Crippen LogP contribution in [0, 0.1) is 0 Å². The number of phosphoric ester groups is 1. The Labute approximate surface area is 95.0 Å². The predicted molar refractivity (Wildman–Crippen MR) is 52.9 cm³/mol. The number of hydrogen-bond donors (Lipinski definition) is 2. The summed E-state index contributed by atoms with van der Waals surface area (Å²) in [6, 6.07) is 7.27. The number of para-hydroxylation sites is 1. The fraction of sp³-hybridized carbons (Fsp3) is 0. The van der Waals surface area contributed by atoms with Gasteiger partial charge in [0.05, 0.1) is 0 Å². The van der Waals surface area contributed by atoms with Gasteiger partial charge in [-0.3, -0.25) is 0 Å². The Hall–Kier alpha value is -2.21. The molecule has 0 unspecified atom stereocenters. The van der Waals surface area contributed by atoms with Crippen molar-refractivity contribution < 1.29 is 37.9 Å². The summed E-state index contributed by atoms with van der Waals surface area (Å²) in [5, 5.41) is 16.6. The van der Waals surface area contributed by atoms with Gasteiger partial charge in [-0.05, 0) is 12.1 Å². The summed E-state index contributed by atoms with van der Waals surface area (Å²) in [4.78, 5) is 20.5. The first-order valence-electron chi connectivity index (χ1n) is 4.11. The molecule has 0 spiro atoms. The summed E-state index contributed by atoms with van der Waals surface area (Å²) in [7, 11) is -4.75. The molecular weight excluding hydrogens is 255 g/mol. The van der Waals surface area contributed by atoms with Crippen molar-refractivity contribution in [2.24, 2.45) is 0 Å². The summed E-state index contributed by atoms with van der Waals surface area (Å²) in [6.45, 7) is 0. The maximum atomic E-state index is 11.6. The Morgan fingerprint density at radius 2 is 1.47 bits per heavy atom. The van der Waals surface area contributed by atoms with Gasteiger partial charge in [0.25, 0.3) is 0 Å². The third-order valence-corrected chi connectivity index (χ3v) is 2.53. The van der Waals surface area contributed by atoms with Crippen LogP contribution in [0.5, 0.6) is 5.75 Å². The van der Waals surface area contributed by atoms with Crippen LogP contribution in [-0.4, -0.2) is 22.5 Å². The van der Waals surface area contributed by atoms with Crippen LogP contribution < -0.4 is 4.52 Å². The second-order valence-electron chi connectivity index (χ2n) is 2.57. The van der Waals surface area contributed by atoms with Crippen LogP contribution in [0.3, 0.4) is 0 Å². The van der Waals surface area contributed by atoms with Gasteiger partial charge >= 0.3 is 20.1 Å². The second kappa shape index (κ2) is 5.22. The summed E-state index contributed by atoms with van der Waals surface area (Å²) >= 11 is 0. The maximum Gasteiger partial charge on any atom is 0.656 e. The summed E-state index contributed by atoms with van der Waals surface area (Å²) in [6.07, 6.45) is -3.96. The molecule has 0 aromatic heterocycles. The van der Waals surface area contributed by atoms with E-state index in [1.54, 1.807) is 6.07 Å². The topological polar surface area (TPSA) is 119 Å². The monoisotopic (exact) mass is 262 g/mol. The van der Waals surface area contributed by atoms with Crippen molar-refractivity contribution >= 4 is 20.1 Å². The van der Waals surface area contributed by atoms with Crippen LogP contribution in [0.15, 0.2) is 30.3 Å². The van der Waals surface area contributed by atoms with E-state index >= 15 is 0 Å². The number of carbonyl (C=O) groups is 2. The summed E-state index contributed by atoms with van der Waals surface area (Å²) in [5.74, 6) is -0.0571. The zero-order valence-electron chi connectivity index (χ0n) is 8.18. The number of benzene rings is 1. The van der Waals surface area contributed by atoms with Crippen molar-refractivity contribution in [1.82, 2.24) is 0 Å². The van der Waals surface area contributed by atoms with Crippen LogP contribution in [0.4, 0.5) is 9.59 Å². The fourth-order valence-corrected chi connectivity index (χ4v) is 1.73. The van der Waals surface area contributed by atoms with Gasteiger partial charge in [0, 0.05) is 0 Å². The number of rotatable bonds is 4. The van der Waals surface area contributed by atoms with Crippen molar-refractivity contribution in [3.05, 3.63) is 30.3 Å². The Bertz CT molecular complexity index is 436.